The van der Waals surface area contributed by atoms with E-state index in [1.807, 2.05) is 0 Å². The SMILES string of the molecule is O=C(O)C[C@H](NC(=O)c1cc(Cl)ccc1Cl)c1ccc(OC2CCCC2)cc1. The Labute approximate surface area is 173 Å². The molecule has 1 aliphatic carbocycles. The molecule has 1 fully saturated rings. The molecule has 2 aromatic rings. The molecule has 1 atom stereocenters. The summed E-state index contributed by atoms with van der Waals surface area (Å²) in [5, 5.41) is 12.6. The second kappa shape index (κ2) is 9.30. The van der Waals surface area contributed by atoms with Gasteiger partial charge < -0.3 is 15.2 Å². The normalized spacial score (nSPS) is 15.2. The van der Waals surface area contributed by atoms with Gasteiger partial charge in [0.05, 0.1) is 29.2 Å². The third-order valence-corrected chi connectivity index (χ3v) is 5.31. The molecule has 0 spiro atoms. The van der Waals surface area contributed by atoms with Gasteiger partial charge in [0.15, 0.2) is 0 Å². The van der Waals surface area contributed by atoms with E-state index < -0.39 is 17.9 Å². The topological polar surface area (TPSA) is 75.6 Å². The first kappa shape index (κ1) is 20.5. The van der Waals surface area contributed by atoms with Crippen molar-refractivity contribution in [2.24, 2.45) is 0 Å². The highest BCUT2D eigenvalue weighted by Crippen LogP contribution is 2.27. The largest absolute Gasteiger partial charge is 0.490 e. The van der Waals surface area contributed by atoms with Crippen molar-refractivity contribution < 1.29 is 19.4 Å². The van der Waals surface area contributed by atoms with Crippen LogP contribution >= 0.6 is 23.2 Å². The van der Waals surface area contributed by atoms with Crippen LogP contribution in [-0.2, 0) is 4.79 Å². The number of carbonyl (C=O) groups excluding carboxylic acids is 1. The van der Waals surface area contributed by atoms with E-state index in [0.29, 0.717) is 10.6 Å². The number of carboxylic acids is 1. The lowest BCUT2D eigenvalue weighted by Gasteiger charge is -2.19. The van der Waals surface area contributed by atoms with E-state index in [4.69, 9.17) is 27.9 Å². The van der Waals surface area contributed by atoms with E-state index >= 15 is 0 Å². The fourth-order valence-electron chi connectivity index (χ4n) is 3.31. The minimum absolute atomic E-state index is 0.200. The number of hydrogen-bond donors (Lipinski definition) is 2. The Bertz CT molecular complexity index is 848. The summed E-state index contributed by atoms with van der Waals surface area (Å²) >= 11 is 12.0. The molecular weight excluding hydrogens is 401 g/mol. The van der Waals surface area contributed by atoms with Crippen molar-refractivity contribution in [3.63, 3.8) is 0 Å². The molecule has 0 heterocycles. The minimum Gasteiger partial charge on any atom is -0.490 e. The second-order valence-corrected chi connectivity index (χ2v) is 7.69. The van der Waals surface area contributed by atoms with Crippen molar-refractivity contribution in [3.8, 4) is 5.75 Å². The highest BCUT2D eigenvalue weighted by Gasteiger charge is 2.21. The molecule has 0 aromatic heterocycles. The maximum absolute atomic E-state index is 12.6. The van der Waals surface area contributed by atoms with Crippen LogP contribution in [-0.4, -0.2) is 23.1 Å². The van der Waals surface area contributed by atoms with E-state index in [9.17, 15) is 14.7 Å². The van der Waals surface area contributed by atoms with Crippen molar-refractivity contribution >= 4 is 35.1 Å². The molecule has 1 saturated carbocycles. The predicted molar refractivity (Wildman–Crippen MR) is 108 cm³/mol. The molecule has 0 radical (unpaired) electrons. The molecule has 7 heteroatoms. The number of carbonyl (C=O) groups is 2. The van der Waals surface area contributed by atoms with Crippen LogP contribution in [0.2, 0.25) is 10.0 Å². The van der Waals surface area contributed by atoms with Crippen molar-refractivity contribution in [3.05, 3.63) is 63.6 Å². The van der Waals surface area contributed by atoms with Crippen LogP contribution in [0.1, 0.15) is 54.1 Å². The van der Waals surface area contributed by atoms with Gasteiger partial charge in [-0.1, -0.05) is 35.3 Å². The first-order chi connectivity index (χ1) is 13.4. The van der Waals surface area contributed by atoms with Crippen LogP contribution in [0.5, 0.6) is 5.75 Å². The van der Waals surface area contributed by atoms with Crippen molar-refractivity contribution in [1.29, 1.82) is 0 Å². The summed E-state index contributed by atoms with van der Waals surface area (Å²) in [4.78, 5) is 23.9. The Morgan fingerprint density at radius 3 is 2.43 bits per heavy atom. The summed E-state index contributed by atoms with van der Waals surface area (Å²) in [5.74, 6) is -0.757. The summed E-state index contributed by atoms with van der Waals surface area (Å²) < 4.78 is 5.93. The third-order valence-electron chi connectivity index (χ3n) is 4.74. The van der Waals surface area contributed by atoms with Gasteiger partial charge in [-0.25, -0.2) is 0 Å². The summed E-state index contributed by atoms with van der Waals surface area (Å²) in [6, 6.07) is 11.0. The predicted octanol–water partition coefficient (Wildman–Crippen LogP) is 5.26. The van der Waals surface area contributed by atoms with Gasteiger partial charge in [-0.15, -0.1) is 0 Å². The number of rotatable bonds is 7. The Kier molecular flexibility index (Phi) is 6.81. The second-order valence-electron chi connectivity index (χ2n) is 6.84. The molecule has 0 unspecified atom stereocenters. The molecule has 28 heavy (non-hydrogen) atoms. The smallest absolute Gasteiger partial charge is 0.305 e. The Balaban J connectivity index is 1.74. The number of ether oxygens (including phenoxy) is 1. The Hall–Kier alpha value is -2.24. The monoisotopic (exact) mass is 421 g/mol. The number of carboxylic acid groups (broad SMARTS) is 1. The zero-order valence-electron chi connectivity index (χ0n) is 15.2. The number of aliphatic carboxylic acids is 1. The van der Waals surface area contributed by atoms with Crippen molar-refractivity contribution in [2.75, 3.05) is 0 Å². The molecule has 0 aliphatic heterocycles. The van der Waals surface area contributed by atoms with Crippen LogP contribution in [0.15, 0.2) is 42.5 Å². The molecule has 2 aromatic carbocycles. The number of hydrogen-bond acceptors (Lipinski definition) is 3. The number of nitrogens with one attached hydrogen (secondary N) is 1. The van der Waals surface area contributed by atoms with E-state index in [2.05, 4.69) is 5.32 Å². The summed E-state index contributed by atoms with van der Waals surface area (Å²) in [5.41, 5.74) is 0.874. The molecule has 0 bridgehead atoms. The average Bonchev–Trinajstić information content (AvgIpc) is 3.16. The minimum atomic E-state index is -1.02. The van der Waals surface area contributed by atoms with Gasteiger partial charge in [-0.05, 0) is 61.6 Å². The maximum Gasteiger partial charge on any atom is 0.305 e. The molecular formula is C21H21Cl2NO4. The lowest BCUT2D eigenvalue weighted by Crippen LogP contribution is -2.30. The lowest BCUT2D eigenvalue weighted by atomic mass is 10.0. The average molecular weight is 422 g/mol. The Morgan fingerprint density at radius 1 is 1.11 bits per heavy atom. The number of benzene rings is 2. The van der Waals surface area contributed by atoms with E-state index in [-0.39, 0.29) is 23.1 Å². The quantitative estimate of drug-likeness (QED) is 0.638. The first-order valence-electron chi connectivity index (χ1n) is 9.16. The van der Waals surface area contributed by atoms with Gasteiger partial charge in [0, 0.05) is 5.02 Å². The number of amides is 1. The first-order valence-corrected chi connectivity index (χ1v) is 9.92. The summed E-state index contributed by atoms with van der Waals surface area (Å²) in [7, 11) is 0. The molecule has 1 aliphatic rings. The molecule has 148 valence electrons. The van der Waals surface area contributed by atoms with Crippen LogP contribution in [0.3, 0.4) is 0 Å². The van der Waals surface area contributed by atoms with Crippen molar-refractivity contribution in [2.45, 2.75) is 44.2 Å². The van der Waals surface area contributed by atoms with Crippen LogP contribution < -0.4 is 10.1 Å². The van der Waals surface area contributed by atoms with E-state index in [1.165, 1.54) is 25.0 Å². The lowest BCUT2D eigenvalue weighted by molar-refractivity contribution is -0.137. The van der Waals surface area contributed by atoms with Gasteiger partial charge in [-0.3, -0.25) is 9.59 Å². The maximum atomic E-state index is 12.6. The van der Waals surface area contributed by atoms with Crippen molar-refractivity contribution in [1.82, 2.24) is 5.32 Å². The highest BCUT2D eigenvalue weighted by molar-refractivity contribution is 6.35. The zero-order valence-corrected chi connectivity index (χ0v) is 16.7. The molecule has 3 rings (SSSR count). The molecule has 1 amide bonds. The van der Waals surface area contributed by atoms with Crippen LogP contribution in [0.25, 0.3) is 0 Å². The van der Waals surface area contributed by atoms with Gasteiger partial charge in [0.2, 0.25) is 0 Å². The Morgan fingerprint density at radius 2 is 1.79 bits per heavy atom. The van der Waals surface area contributed by atoms with Gasteiger partial charge >= 0.3 is 5.97 Å². The summed E-state index contributed by atoms with van der Waals surface area (Å²) in [6.45, 7) is 0. The van der Waals surface area contributed by atoms with E-state index in [1.54, 1.807) is 30.3 Å². The van der Waals surface area contributed by atoms with Crippen LogP contribution in [0, 0.1) is 0 Å². The highest BCUT2D eigenvalue weighted by atomic mass is 35.5. The number of halogens is 2. The molecule has 5 nitrogen and oxygen atoms in total. The fourth-order valence-corrected chi connectivity index (χ4v) is 3.69. The zero-order chi connectivity index (χ0) is 20.1. The third kappa shape index (κ3) is 5.40. The van der Waals surface area contributed by atoms with Gasteiger partial charge in [0.25, 0.3) is 5.91 Å². The summed E-state index contributed by atoms with van der Waals surface area (Å²) in [6.07, 6.45) is 4.46. The van der Waals surface area contributed by atoms with Gasteiger partial charge in [0.1, 0.15) is 5.75 Å². The molecule has 0 saturated heterocycles. The fraction of sp³-hybridized carbons (Fsp3) is 0.333. The van der Waals surface area contributed by atoms with Crippen LogP contribution in [0.4, 0.5) is 0 Å². The standard InChI is InChI=1S/C21H21Cl2NO4/c22-14-7-10-18(23)17(11-14)21(27)24-19(12-20(25)26)13-5-8-16(9-6-13)28-15-3-1-2-4-15/h5-11,15,19H,1-4,12H2,(H,24,27)(H,25,26)/t19-/m0/s1. The van der Waals surface area contributed by atoms with Gasteiger partial charge in [-0.2, -0.15) is 0 Å². The van der Waals surface area contributed by atoms with E-state index in [0.717, 1.165) is 18.6 Å². The molecule has 2 N–H and O–H groups in total.